The normalized spacial score (nSPS) is 26.1. The summed E-state index contributed by atoms with van der Waals surface area (Å²) in [7, 11) is 0. The molecule has 0 bridgehead atoms. The van der Waals surface area contributed by atoms with Crippen molar-refractivity contribution in [2.75, 3.05) is 24.8 Å². The Bertz CT molecular complexity index is 1190. The quantitative estimate of drug-likeness (QED) is 0.534. The maximum Gasteiger partial charge on any atom is 0.416 e. The number of rotatable bonds is 4. The molecule has 2 fully saturated rings. The summed E-state index contributed by atoms with van der Waals surface area (Å²) in [5, 5.41) is 6.86. The Morgan fingerprint density at radius 1 is 1.22 bits per heavy atom. The summed E-state index contributed by atoms with van der Waals surface area (Å²) in [6, 6.07) is 4.33. The third-order valence-corrected chi connectivity index (χ3v) is 8.80. The number of carbonyl (C=O) groups is 1. The molecule has 4 heterocycles. The van der Waals surface area contributed by atoms with E-state index in [-0.39, 0.29) is 11.5 Å². The SMILES string of the molecule is C[C@]1(Cn2cc3ccncc3n2)CCC[C@@]2(CN(c3ccc(P(C)(C)=S)cn3)C(=O)O2)C1. The Morgan fingerprint density at radius 3 is 2.78 bits per heavy atom. The van der Waals surface area contributed by atoms with E-state index < -0.39 is 11.6 Å². The van der Waals surface area contributed by atoms with E-state index >= 15 is 0 Å². The van der Waals surface area contributed by atoms with Gasteiger partial charge in [0, 0.05) is 35.8 Å². The fourth-order valence-corrected chi connectivity index (χ4v) is 6.29. The van der Waals surface area contributed by atoms with Crippen molar-refractivity contribution in [1.29, 1.82) is 0 Å². The predicted molar refractivity (Wildman–Crippen MR) is 131 cm³/mol. The summed E-state index contributed by atoms with van der Waals surface area (Å²) in [4.78, 5) is 23.2. The molecule has 1 aliphatic heterocycles. The molecule has 1 spiro atoms. The average molecular weight is 470 g/mol. The Kier molecular flexibility index (Phi) is 5.13. The minimum absolute atomic E-state index is 0.0157. The van der Waals surface area contributed by atoms with Crippen LogP contribution < -0.4 is 10.2 Å². The van der Waals surface area contributed by atoms with E-state index in [1.165, 1.54) is 0 Å². The van der Waals surface area contributed by atoms with E-state index in [1.807, 2.05) is 29.1 Å². The number of pyridine rings is 2. The lowest BCUT2D eigenvalue weighted by molar-refractivity contribution is -0.0277. The third-order valence-electron chi connectivity index (χ3n) is 6.66. The van der Waals surface area contributed by atoms with Crippen molar-refractivity contribution in [2.45, 2.75) is 44.8 Å². The summed E-state index contributed by atoms with van der Waals surface area (Å²) in [5.41, 5.74) is 0.403. The molecule has 168 valence electrons. The molecule has 3 aromatic heterocycles. The van der Waals surface area contributed by atoms with Gasteiger partial charge in [-0.3, -0.25) is 14.6 Å². The highest BCUT2D eigenvalue weighted by atomic mass is 32.4. The monoisotopic (exact) mass is 469 g/mol. The Morgan fingerprint density at radius 2 is 2.06 bits per heavy atom. The average Bonchev–Trinajstić information content (AvgIpc) is 3.26. The van der Waals surface area contributed by atoms with Gasteiger partial charge in [-0.05, 0) is 68.7 Å². The zero-order chi connectivity index (χ0) is 22.6. The van der Waals surface area contributed by atoms with Crippen LogP contribution in [0.15, 0.2) is 43.0 Å². The van der Waals surface area contributed by atoms with Gasteiger partial charge in [-0.15, -0.1) is 0 Å². The van der Waals surface area contributed by atoms with Crippen molar-refractivity contribution >= 4 is 46.0 Å². The van der Waals surface area contributed by atoms with Gasteiger partial charge in [0.25, 0.3) is 0 Å². The first-order valence-electron chi connectivity index (χ1n) is 10.9. The van der Waals surface area contributed by atoms with Crippen molar-refractivity contribution in [2.24, 2.45) is 5.41 Å². The molecule has 2 atom stereocenters. The molecule has 3 aromatic rings. The van der Waals surface area contributed by atoms with Gasteiger partial charge in [0.1, 0.15) is 16.9 Å². The van der Waals surface area contributed by atoms with E-state index in [0.29, 0.717) is 12.4 Å². The van der Waals surface area contributed by atoms with Crippen LogP contribution in [0.2, 0.25) is 0 Å². The number of aromatic nitrogens is 4. The Labute approximate surface area is 193 Å². The van der Waals surface area contributed by atoms with Crippen molar-refractivity contribution in [3.05, 3.63) is 43.0 Å². The molecule has 0 aromatic carbocycles. The molecule has 1 amide bonds. The van der Waals surface area contributed by atoms with Crippen molar-refractivity contribution < 1.29 is 9.53 Å². The number of fused-ring (bicyclic) bond motifs is 1. The second kappa shape index (κ2) is 7.63. The molecule has 2 aliphatic rings. The lowest BCUT2D eigenvalue weighted by atomic mass is 9.68. The number of amides is 1. The second-order valence-corrected chi connectivity index (χ2v) is 15.9. The summed E-state index contributed by atoms with van der Waals surface area (Å²) in [6.07, 6.45) is 10.9. The topological polar surface area (TPSA) is 73.1 Å². The molecule has 1 saturated heterocycles. The minimum Gasteiger partial charge on any atom is -0.441 e. The number of carbonyl (C=O) groups excluding carboxylic acids is 1. The van der Waals surface area contributed by atoms with Gasteiger partial charge in [0.05, 0.1) is 12.7 Å². The lowest BCUT2D eigenvalue weighted by Gasteiger charge is -2.42. The maximum atomic E-state index is 12.8. The molecule has 9 heteroatoms. The van der Waals surface area contributed by atoms with Crippen molar-refractivity contribution in [1.82, 2.24) is 19.7 Å². The first kappa shape index (κ1) is 21.5. The summed E-state index contributed by atoms with van der Waals surface area (Å²) in [6.45, 7) is 7.76. The summed E-state index contributed by atoms with van der Waals surface area (Å²) in [5.74, 6) is 0.636. The lowest BCUT2D eigenvalue weighted by Crippen LogP contribution is -2.45. The fourth-order valence-electron chi connectivity index (χ4n) is 5.19. The highest BCUT2D eigenvalue weighted by Crippen LogP contribution is 2.47. The molecular weight excluding hydrogens is 441 g/mol. The van der Waals surface area contributed by atoms with Crippen LogP contribution in [0.3, 0.4) is 0 Å². The maximum absolute atomic E-state index is 12.8. The molecule has 1 saturated carbocycles. The van der Waals surface area contributed by atoms with Crippen LogP contribution in [0, 0.1) is 5.41 Å². The van der Waals surface area contributed by atoms with Gasteiger partial charge in [0.2, 0.25) is 0 Å². The van der Waals surface area contributed by atoms with E-state index in [0.717, 1.165) is 48.4 Å². The molecule has 7 nitrogen and oxygen atoms in total. The van der Waals surface area contributed by atoms with Gasteiger partial charge in [-0.1, -0.05) is 18.7 Å². The predicted octanol–water partition coefficient (Wildman–Crippen LogP) is 4.17. The van der Waals surface area contributed by atoms with Crippen LogP contribution >= 0.6 is 6.04 Å². The number of anilines is 1. The first-order chi connectivity index (χ1) is 15.1. The first-order valence-corrected chi connectivity index (χ1v) is 14.6. The number of ether oxygens (including phenoxy) is 1. The summed E-state index contributed by atoms with van der Waals surface area (Å²) < 4.78 is 8.05. The van der Waals surface area contributed by atoms with Gasteiger partial charge in [-0.2, -0.15) is 5.10 Å². The van der Waals surface area contributed by atoms with E-state index in [4.69, 9.17) is 21.6 Å². The fraction of sp³-hybridized carbons (Fsp3) is 0.478. The molecule has 32 heavy (non-hydrogen) atoms. The van der Waals surface area contributed by atoms with Crippen LogP contribution in [0.1, 0.15) is 32.6 Å². The second-order valence-electron chi connectivity index (χ2n) is 9.96. The third kappa shape index (κ3) is 4.06. The van der Waals surface area contributed by atoms with Crippen LogP contribution in [-0.4, -0.2) is 51.3 Å². The van der Waals surface area contributed by atoms with Crippen LogP contribution in [0.25, 0.3) is 10.9 Å². The van der Waals surface area contributed by atoms with Crippen molar-refractivity contribution in [3.8, 4) is 0 Å². The van der Waals surface area contributed by atoms with Gasteiger partial charge in [-0.25, -0.2) is 9.78 Å². The Hall–Kier alpha value is -2.31. The molecule has 0 radical (unpaired) electrons. The highest BCUT2D eigenvalue weighted by Gasteiger charge is 2.52. The smallest absolute Gasteiger partial charge is 0.416 e. The summed E-state index contributed by atoms with van der Waals surface area (Å²) >= 11 is 5.61. The van der Waals surface area contributed by atoms with Crippen LogP contribution in [0.4, 0.5) is 10.6 Å². The van der Waals surface area contributed by atoms with Gasteiger partial charge >= 0.3 is 6.09 Å². The standard InChI is InChI=1S/C23H28N5O2PS/c1-22(15-27-13-17-7-10-24-12-19(17)26-27)8-4-9-23(14-22)16-28(21(29)30-23)20-6-5-18(11-25-20)31(2,3)32/h5-7,10-13H,4,8-9,14-16H2,1-3H3/t22-,23-/m0/s1. The minimum atomic E-state index is -1.56. The van der Waals surface area contributed by atoms with Gasteiger partial charge in [0.15, 0.2) is 0 Å². The zero-order valence-electron chi connectivity index (χ0n) is 18.7. The Balaban J connectivity index is 1.34. The molecular formula is C23H28N5O2PS. The van der Waals surface area contributed by atoms with E-state index in [2.05, 4.69) is 36.4 Å². The van der Waals surface area contributed by atoms with Gasteiger partial charge < -0.3 is 4.74 Å². The van der Waals surface area contributed by atoms with Crippen molar-refractivity contribution in [3.63, 3.8) is 0 Å². The molecule has 0 N–H and O–H groups in total. The highest BCUT2D eigenvalue weighted by molar-refractivity contribution is 8.17. The van der Waals surface area contributed by atoms with E-state index in [9.17, 15) is 4.79 Å². The molecule has 0 unspecified atom stereocenters. The number of hydrogen-bond acceptors (Lipinski definition) is 6. The van der Waals surface area contributed by atoms with E-state index in [1.54, 1.807) is 17.3 Å². The largest absolute Gasteiger partial charge is 0.441 e. The number of nitrogens with zero attached hydrogens (tertiary/aromatic N) is 5. The molecule has 1 aliphatic carbocycles. The molecule has 5 rings (SSSR count). The number of hydrogen-bond donors (Lipinski definition) is 0. The van der Waals surface area contributed by atoms with Crippen LogP contribution in [0.5, 0.6) is 0 Å². The zero-order valence-corrected chi connectivity index (χ0v) is 20.4. The van der Waals surface area contributed by atoms with Crippen LogP contribution in [-0.2, 0) is 23.1 Å².